The van der Waals surface area contributed by atoms with E-state index in [0.29, 0.717) is 4.90 Å². The Hall–Kier alpha value is -1.01. The molecule has 0 N–H and O–H groups in total. The van der Waals surface area contributed by atoms with E-state index in [-0.39, 0.29) is 12.1 Å². The lowest BCUT2D eigenvalue weighted by Gasteiger charge is -2.31. The SMILES string of the molecule is CSc1ccc([S@@](=O)(=NC(=O)N(C(C)C)C(C)C)C(C)(C)C)cc1. The van der Waals surface area contributed by atoms with Crippen molar-refractivity contribution in [2.75, 3.05) is 6.26 Å². The smallest absolute Gasteiger partial charge is 0.318 e. The van der Waals surface area contributed by atoms with Gasteiger partial charge in [0.15, 0.2) is 0 Å². The number of urea groups is 1. The first-order valence-electron chi connectivity index (χ1n) is 8.17. The number of carbonyl (C=O) groups excluding carboxylic acids is 1. The highest BCUT2D eigenvalue weighted by Gasteiger charge is 2.32. The van der Waals surface area contributed by atoms with Crippen LogP contribution in [0.25, 0.3) is 0 Å². The van der Waals surface area contributed by atoms with E-state index in [1.807, 2.05) is 79.0 Å². The van der Waals surface area contributed by atoms with E-state index < -0.39 is 20.5 Å². The molecule has 1 aromatic carbocycles. The van der Waals surface area contributed by atoms with E-state index in [0.717, 1.165) is 4.90 Å². The van der Waals surface area contributed by atoms with E-state index in [1.165, 1.54) is 0 Å². The number of nitrogens with zero attached hydrogens (tertiary/aromatic N) is 2. The number of hydrogen-bond donors (Lipinski definition) is 0. The van der Waals surface area contributed by atoms with Gasteiger partial charge in [-0.25, -0.2) is 9.00 Å². The van der Waals surface area contributed by atoms with Gasteiger partial charge in [0.1, 0.15) is 0 Å². The van der Waals surface area contributed by atoms with Crippen molar-refractivity contribution in [3.63, 3.8) is 0 Å². The first-order chi connectivity index (χ1) is 10.9. The molecule has 0 aromatic heterocycles. The maximum Gasteiger partial charge on any atom is 0.352 e. The van der Waals surface area contributed by atoms with Gasteiger partial charge in [-0.3, -0.25) is 0 Å². The van der Waals surface area contributed by atoms with Crippen molar-refractivity contribution < 1.29 is 9.00 Å². The normalized spacial score (nSPS) is 14.6. The van der Waals surface area contributed by atoms with E-state index in [1.54, 1.807) is 16.7 Å². The lowest BCUT2D eigenvalue weighted by Crippen LogP contribution is -2.41. The molecule has 4 nitrogen and oxygen atoms in total. The average molecular weight is 371 g/mol. The van der Waals surface area contributed by atoms with Gasteiger partial charge in [0.2, 0.25) is 0 Å². The summed E-state index contributed by atoms with van der Waals surface area (Å²) in [6.07, 6.45) is 1.99. The van der Waals surface area contributed by atoms with Crippen LogP contribution in [0, 0.1) is 0 Å². The van der Waals surface area contributed by atoms with Crippen LogP contribution >= 0.6 is 11.8 Å². The van der Waals surface area contributed by atoms with Gasteiger partial charge >= 0.3 is 6.03 Å². The first kappa shape index (κ1) is 21.0. The highest BCUT2D eigenvalue weighted by molar-refractivity contribution is 7.98. The van der Waals surface area contributed by atoms with Crippen LogP contribution in [0.1, 0.15) is 48.5 Å². The van der Waals surface area contributed by atoms with Crippen molar-refractivity contribution in [2.45, 2.75) is 75.1 Å². The minimum Gasteiger partial charge on any atom is -0.318 e. The fraction of sp³-hybridized carbons (Fsp3) is 0.611. The molecule has 136 valence electrons. The predicted octanol–water partition coefficient (Wildman–Crippen LogP) is 5.27. The van der Waals surface area contributed by atoms with Gasteiger partial charge in [-0.1, -0.05) is 0 Å². The number of rotatable bonds is 4. The first-order valence-corrected chi connectivity index (χ1v) is 10.9. The zero-order valence-electron chi connectivity index (χ0n) is 16.0. The molecule has 6 heteroatoms. The predicted molar refractivity (Wildman–Crippen MR) is 104 cm³/mol. The summed E-state index contributed by atoms with van der Waals surface area (Å²) < 4.78 is 17.4. The standard InChI is InChI=1S/C18H30N2O2S2/c1-13(2)20(14(3)4)17(21)19-24(22,18(5,6)7)16-11-9-15(23-8)10-12-16/h9-14H,1-8H3/t24-/m0/s1. The Morgan fingerprint density at radius 1 is 1.08 bits per heavy atom. The Morgan fingerprint density at radius 2 is 1.54 bits per heavy atom. The minimum atomic E-state index is -2.90. The summed E-state index contributed by atoms with van der Waals surface area (Å²) in [5, 5.41) is 0. The zero-order chi connectivity index (χ0) is 18.7. The van der Waals surface area contributed by atoms with Crippen LogP contribution in [0.15, 0.2) is 38.4 Å². The van der Waals surface area contributed by atoms with Crippen molar-refractivity contribution in [1.29, 1.82) is 0 Å². The number of hydrogen-bond acceptors (Lipinski definition) is 3. The highest BCUT2D eigenvalue weighted by Crippen LogP contribution is 2.30. The van der Waals surface area contributed by atoms with Crippen molar-refractivity contribution >= 4 is 27.5 Å². The fourth-order valence-electron chi connectivity index (χ4n) is 2.50. The molecule has 0 unspecified atom stereocenters. The second kappa shape index (κ2) is 7.91. The molecule has 0 aliphatic rings. The van der Waals surface area contributed by atoms with Crippen LogP contribution < -0.4 is 0 Å². The third-order valence-corrected chi connectivity index (χ3v) is 7.48. The van der Waals surface area contributed by atoms with Crippen molar-refractivity contribution in [2.24, 2.45) is 4.36 Å². The topological polar surface area (TPSA) is 49.7 Å². The lowest BCUT2D eigenvalue weighted by molar-refractivity contribution is 0.175. The lowest BCUT2D eigenvalue weighted by atomic mass is 10.2. The Bertz CT molecular complexity index is 672. The van der Waals surface area contributed by atoms with E-state index in [2.05, 4.69) is 4.36 Å². The number of carbonyl (C=O) groups is 1. The van der Waals surface area contributed by atoms with Crippen molar-refractivity contribution in [3.8, 4) is 0 Å². The van der Waals surface area contributed by atoms with Gasteiger partial charge in [-0.15, -0.1) is 16.1 Å². The van der Waals surface area contributed by atoms with Gasteiger partial charge in [0, 0.05) is 21.9 Å². The molecule has 1 rings (SSSR count). The molecule has 0 bridgehead atoms. The molecular weight excluding hydrogens is 340 g/mol. The second-order valence-corrected chi connectivity index (χ2v) is 11.1. The molecule has 0 saturated heterocycles. The van der Waals surface area contributed by atoms with Crippen LogP contribution in [0.2, 0.25) is 0 Å². The molecule has 0 heterocycles. The molecule has 0 spiro atoms. The molecule has 0 radical (unpaired) electrons. The summed E-state index contributed by atoms with van der Waals surface area (Å²) in [7, 11) is -2.90. The Balaban J connectivity index is 3.50. The van der Waals surface area contributed by atoms with Crippen LogP contribution in [0.5, 0.6) is 0 Å². The maximum absolute atomic E-state index is 13.7. The van der Waals surface area contributed by atoms with Gasteiger partial charge < -0.3 is 4.90 Å². The molecular formula is C18H30N2O2S2. The molecule has 0 aliphatic heterocycles. The number of thioether (sulfide) groups is 1. The minimum absolute atomic E-state index is 0.00346. The van der Waals surface area contributed by atoms with Crippen molar-refractivity contribution in [1.82, 2.24) is 4.90 Å². The monoisotopic (exact) mass is 370 g/mol. The summed E-state index contributed by atoms with van der Waals surface area (Å²) in [6, 6.07) is 7.10. The summed E-state index contributed by atoms with van der Waals surface area (Å²) in [5.74, 6) is 0. The maximum atomic E-state index is 13.7. The number of benzene rings is 1. The molecule has 1 atom stereocenters. The van der Waals surface area contributed by atoms with E-state index in [9.17, 15) is 9.00 Å². The van der Waals surface area contributed by atoms with E-state index >= 15 is 0 Å². The van der Waals surface area contributed by atoms with E-state index in [4.69, 9.17) is 0 Å². The van der Waals surface area contributed by atoms with Gasteiger partial charge in [-0.05, 0) is 79.0 Å². The molecule has 0 aliphatic carbocycles. The summed E-state index contributed by atoms with van der Waals surface area (Å²) >= 11 is 1.62. The van der Waals surface area contributed by atoms with Gasteiger partial charge in [-0.2, -0.15) is 0 Å². The third kappa shape index (κ3) is 4.54. The second-order valence-electron chi connectivity index (χ2n) is 7.28. The van der Waals surface area contributed by atoms with Crippen LogP contribution in [0.4, 0.5) is 4.79 Å². The van der Waals surface area contributed by atoms with Crippen molar-refractivity contribution in [3.05, 3.63) is 24.3 Å². The Labute approximate surface area is 151 Å². The molecule has 24 heavy (non-hydrogen) atoms. The number of amides is 2. The molecule has 0 fully saturated rings. The molecule has 1 aromatic rings. The average Bonchev–Trinajstić information content (AvgIpc) is 2.45. The Kier molecular flexibility index (Phi) is 6.94. The summed E-state index contributed by atoms with van der Waals surface area (Å²) in [6.45, 7) is 13.4. The third-order valence-electron chi connectivity index (χ3n) is 3.75. The van der Waals surface area contributed by atoms with Crippen LogP contribution in [-0.2, 0) is 9.73 Å². The largest absolute Gasteiger partial charge is 0.352 e. The molecule has 0 saturated carbocycles. The Morgan fingerprint density at radius 3 is 1.88 bits per heavy atom. The molecule has 2 amide bonds. The fourth-order valence-corrected chi connectivity index (χ4v) is 4.81. The van der Waals surface area contributed by atoms with Gasteiger partial charge in [0.25, 0.3) is 0 Å². The van der Waals surface area contributed by atoms with Crippen LogP contribution in [-0.4, -0.2) is 38.2 Å². The zero-order valence-corrected chi connectivity index (χ0v) is 17.6. The van der Waals surface area contributed by atoms with Crippen LogP contribution in [0.3, 0.4) is 0 Å². The summed E-state index contributed by atoms with van der Waals surface area (Å²) in [4.78, 5) is 16.1. The summed E-state index contributed by atoms with van der Waals surface area (Å²) in [5.41, 5.74) is 0. The quantitative estimate of drug-likeness (QED) is 0.678. The van der Waals surface area contributed by atoms with Gasteiger partial charge in [0.05, 0.1) is 14.5 Å². The highest BCUT2D eigenvalue weighted by atomic mass is 32.2.